The van der Waals surface area contributed by atoms with Crippen LogP contribution in [-0.4, -0.2) is 24.2 Å². The third-order valence-electron chi connectivity index (χ3n) is 3.37. The molecule has 1 unspecified atom stereocenters. The van der Waals surface area contributed by atoms with Gasteiger partial charge in [-0.1, -0.05) is 0 Å². The SMILES string of the molecule is C=CC1=CC(=O)CC1C/C=[C](\C)[Sn]([CH3])([CH3])[CH3]. The van der Waals surface area contributed by atoms with Crippen molar-refractivity contribution in [1.29, 1.82) is 0 Å². The molecule has 0 saturated carbocycles. The second-order valence-electron chi connectivity index (χ2n) is 5.59. The molecule has 0 heterocycles. The minimum atomic E-state index is -1.85. The zero-order chi connectivity index (χ0) is 12.3. The van der Waals surface area contributed by atoms with Crippen LogP contribution in [0.3, 0.4) is 0 Å². The number of rotatable bonds is 4. The maximum atomic E-state index is 11.3. The van der Waals surface area contributed by atoms with E-state index in [2.05, 4.69) is 34.4 Å². The van der Waals surface area contributed by atoms with Crippen LogP contribution >= 0.6 is 0 Å². The van der Waals surface area contributed by atoms with Gasteiger partial charge < -0.3 is 0 Å². The Bertz CT molecular complexity index is 355. The molecular weight excluding hydrogens is 303 g/mol. The van der Waals surface area contributed by atoms with Crippen LogP contribution < -0.4 is 0 Å². The third kappa shape index (κ3) is 3.62. The summed E-state index contributed by atoms with van der Waals surface area (Å²) in [5.41, 5.74) is 1.12. The summed E-state index contributed by atoms with van der Waals surface area (Å²) in [6.07, 6.45) is 7.62. The molecule has 0 fully saturated rings. The Labute approximate surface area is 103 Å². The molecule has 0 radical (unpaired) electrons. The van der Waals surface area contributed by atoms with Gasteiger partial charge in [-0.25, -0.2) is 0 Å². The van der Waals surface area contributed by atoms with Gasteiger partial charge in [-0.3, -0.25) is 0 Å². The zero-order valence-corrected chi connectivity index (χ0v) is 13.7. The fourth-order valence-electron chi connectivity index (χ4n) is 1.79. The summed E-state index contributed by atoms with van der Waals surface area (Å²) in [6.45, 7) is 6.03. The van der Waals surface area contributed by atoms with Crippen LogP contribution in [0, 0.1) is 5.92 Å². The van der Waals surface area contributed by atoms with Crippen LogP contribution in [0.2, 0.25) is 14.8 Å². The third-order valence-corrected chi connectivity index (χ3v) is 10.7. The Morgan fingerprint density at radius 2 is 2.19 bits per heavy atom. The summed E-state index contributed by atoms with van der Waals surface area (Å²) < 4.78 is 1.59. The first-order chi connectivity index (χ1) is 7.34. The summed E-state index contributed by atoms with van der Waals surface area (Å²) in [6, 6.07) is 0. The summed E-state index contributed by atoms with van der Waals surface area (Å²) in [5.74, 6) is 0.638. The fourth-order valence-corrected chi connectivity index (χ4v) is 3.88. The van der Waals surface area contributed by atoms with Crippen LogP contribution in [0.25, 0.3) is 0 Å². The van der Waals surface area contributed by atoms with Crippen molar-refractivity contribution in [2.45, 2.75) is 34.6 Å². The molecule has 1 aliphatic rings. The van der Waals surface area contributed by atoms with Crippen molar-refractivity contribution in [1.82, 2.24) is 0 Å². The van der Waals surface area contributed by atoms with E-state index in [-0.39, 0.29) is 5.78 Å². The Kier molecular flexibility index (Phi) is 4.60. The molecule has 0 spiro atoms. The number of carbonyl (C=O) groups excluding carboxylic acids is 1. The van der Waals surface area contributed by atoms with Crippen molar-refractivity contribution < 1.29 is 4.79 Å². The normalized spacial score (nSPS) is 22.2. The average Bonchev–Trinajstić information content (AvgIpc) is 2.53. The van der Waals surface area contributed by atoms with Crippen LogP contribution in [0.4, 0.5) is 0 Å². The summed E-state index contributed by atoms with van der Waals surface area (Å²) >= 11 is -1.85. The van der Waals surface area contributed by atoms with Gasteiger partial charge in [-0.05, 0) is 0 Å². The molecule has 0 aromatic rings. The van der Waals surface area contributed by atoms with Gasteiger partial charge in [0.25, 0.3) is 0 Å². The molecule has 0 aromatic heterocycles. The van der Waals surface area contributed by atoms with E-state index < -0.39 is 18.4 Å². The van der Waals surface area contributed by atoms with E-state index in [1.807, 2.05) is 6.08 Å². The monoisotopic (exact) mass is 326 g/mol. The predicted octanol–water partition coefficient (Wildman–Crippen LogP) is 3.90. The van der Waals surface area contributed by atoms with E-state index in [4.69, 9.17) is 0 Å². The van der Waals surface area contributed by atoms with E-state index >= 15 is 0 Å². The van der Waals surface area contributed by atoms with Gasteiger partial charge in [0.2, 0.25) is 0 Å². The van der Waals surface area contributed by atoms with Crippen molar-refractivity contribution in [2.24, 2.45) is 5.92 Å². The molecule has 1 atom stereocenters. The second-order valence-corrected chi connectivity index (χ2v) is 20.7. The van der Waals surface area contributed by atoms with Gasteiger partial charge in [0.1, 0.15) is 0 Å². The number of allylic oxidation sites excluding steroid dienone is 5. The van der Waals surface area contributed by atoms with E-state index in [9.17, 15) is 4.79 Å². The van der Waals surface area contributed by atoms with Crippen LogP contribution in [0.5, 0.6) is 0 Å². The fraction of sp³-hybridized carbons (Fsp3) is 0.500. The zero-order valence-electron chi connectivity index (χ0n) is 10.8. The van der Waals surface area contributed by atoms with Crippen LogP contribution in [-0.2, 0) is 4.79 Å². The molecule has 0 saturated heterocycles. The van der Waals surface area contributed by atoms with Gasteiger partial charge in [0.05, 0.1) is 0 Å². The number of hydrogen-bond donors (Lipinski definition) is 0. The van der Waals surface area contributed by atoms with E-state index in [1.54, 1.807) is 9.67 Å². The van der Waals surface area contributed by atoms with Gasteiger partial charge in [0.15, 0.2) is 0 Å². The molecule has 16 heavy (non-hydrogen) atoms. The first kappa shape index (κ1) is 13.8. The van der Waals surface area contributed by atoms with Crippen LogP contribution in [0.1, 0.15) is 19.8 Å². The standard InChI is InChI=1S/C11H13O.3CH3.Sn/c1-3-5-6-10-8-11(12)7-9(10)4-2;;;;/h4-5,7,10H,2,6,8H2,1H3;3*1H3;. The molecule has 0 amide bonds. The van der Waals surface area contributed by atoms with Crippen molar-refractivity contribution >= 4 is 24.2 Å². The van der Waals surface area contributed by atoms with Crippen LogP contribution in [0.15, 0.2) is 34.0 Å². The Balaban J connectivity index is 2.67. The van der Waals surface area contributed by atoms with E-state index in [1.165, 1.54) is 0 Å². The summed E-state index contributed by atoms with van der Waals surface area (Å²) in [7, 11) is 0. The molecule has 2 heteroatoms. The molecular formula is C14H22OSn. The molecule has 0 aromatic carbocycles. The summed E-state index contributed by atoms with van der Waals surface area (Å²) in [4.78, 5) is 18.6. The van der Waals surface area contributed by atoms with Crippen molar-refractivity contribution in [3.05, 3.63) is 34.0 Å². The Morgan fingerprint density at radius 3 is 2.69 bits per heavy atom. The number of ketones is 1. The van der Waals surface area contributed by atoms with Crippen molar-refractivity contribution in [2.75, 3.05) is 0 Å². The van der Waals surface area contributed by atoms with Gasteiger partial charge in [0, 0.05) is 0 Å². The average molecular weight is 325 g/mol. The number of carbonyl (C=O) groups is 1. The first-order valence-electron chi connectivity index (χ1n) is 5.88. The van der Waals surface area contributed by atoms with Gasteiger partial charge in [-0.15, -0.1) is 0 Å². The summed E-state index contributed by atoms with van der Waals surface area (Å²) in [5, 5.41) is 0. The van der Waals surface area contributed by atoms with Gasteiger partial charge >= 0.3 is 103 Å². The maximum absolute atomic E-state index is 11.3. The quantitative estimate of drug-likeness (QED) is 0.717. The molecule has 1 nitrogen and oxygen atoms in total. The Morgan fingerprint density at radius 1 is 1.56 bits per heavy atom. The topological polar surface area (TPSA) is 17.1 Å². The number of hydrogen-bond acceptors (Lipinski definition) is 1. The van der Waals surface area contributed by atoms with E-state index in [0.29, 0.717) is 12.3 Å². The molecule has 1 rings (SSSR count). The molecule has 0 aliphatic heterocycles. The first-order valence-corrected chi connectivity index (χ1v) is 15.9. The molecule has 1 aliphatic carbocycles. The van der Waals surface area contributed by atoms with Crippen molar-refractivity contribution in [3.63, 3.8) is 0 Å². The molecule has 0 bridgehead atoms. The van der Waals surface area contributed by atoms with Crippen molar-refractivity contribution in [3.8, 4) is 0 Å². The Hall–Kier alpha value is -0.311. The minimum absolute atomic E-state index is 0.255. The molecule has 0 N–H and O–H groups in total. The predicted molar refractivity (Wildman–Crippen MR) is 73.1 cm³/mol. The second kappa shape index (κ2) is 5.35. The van der Waals surface area contributed by atoms with Gasteiger partial charge in [-0.2, -0.15) is 0 Å². The van der Waals surface area contributed by atoms with E-state index in [0.717, 1.165) is 12.0 Å². The molecule has 88 valence electrons.